The Bertz CT molecular complexity index is 818. The van der Waals surface area contributed by atoms with E-state index in [1.165, 1.54) is 0 Å². The number of rotatable bonds is 17. The molecule has 0 saturated carbocycles. The van der Waals surface area contributed by atoms with Crippen LogP contribution in [0.5, 0.6) is 0 Å². The molecule has 5 atom stereocenters. The van der Waals surface area contributed by atoms with Crippen LogP contribution in [-0.4, -0.2) is 81.0 Å². The summed E-state index contributed by atoms with van der Waals surface area (Å²) in [7, 11) is 0. The second kappa shape index (κ2) is 15.2. The van der Waals surface area contributed by atoms with Gasteiger partial charge in [-0.05, 0) is 18.8 Å². The second-order valence-electron chi connectivity index (χ2n) is 7.97. The lowest BCUT2D eigenvalue weighted by molar-refractivity contribution is -0.144. The lowest BCUT2D eigenvalue weighted by Gasteiger charge is -2.25. The Morgan fingerprint density at radius 1 is 0.743 bits per heavy atom. The first-order valence-electron chi connectivity index (χ1n) is 10.8. The molecule has 0 heterocycles. The summed E-state index contributed by atoms with van der Waals surface area (Å²) in [5, 5.41) is 33.8. The molecule has 0 aliphatic heterocycles. The number of primary amides is 1. The van der Waals surface area contributed by atoms with E-state index in [2.05, 4.69) is 16.0 Å². The summed E-state index contributed by atoms with van der Waals surface area (Å²) in [6.45, 7) is 3.46. The number of carboxylic acid groups (broad SMARTS) is 3. The molecule has 0 spiro atoms. The molecule has 15 nitrogen and oxygen atoms in total. The number of hydrogen-bond donors (Lipinski definition) is 8. The second-order valence-corrected chi connectivity index (χ2v) is 7.97. The molecule has 0 rings (SSSR count). The highest BCUT2D eigenvalue weighted by atomic mass is 16.4. The van der Waals surface area contributed by atoms with E-state index in [-0.39, 0.29) is 18.8 Å². The molecular weight excluding hydrogens is 470 g/mol. The van der Waals surface area contributed by atoms with Gasteiger partial charge in [0, 0.05) is 12.8 Å². The van der Waals surface area contributed by atoms with Gasteiger partial charge in [0.15, 0.2) is 0 Å². The van der Waals surface area contributed by atoms with Gasteiger partial charge >= 0.3 is 17.9 Å². The number of carbonyl (C=O) groups is 7. The lowest BCUT2D eigenvalue weighted by Crippen LogP contribution is -2.58. The fourth-order valence-electron chi connectivity index (χ4n) is 2.79. The molecule has 0 bridgehead atoms. The molecular formula is C20H33N5O10. The van der Waals surface area contributed by atoms with Gasteiger partial charge in [-0.25, -0.2) is 4.79 Å². The summed E-state index contributed by atoms with van der Waals surface area (Å²) in [5.74, 6) is -8.39. The molecule has 15 heteroatoms. The van der Waals surface area contributed by atoms with Crippen LogP contribution < -0.4 is 27.4 Å². The molecule has 0 fully saturated rings. The highest BCUT2D eigenvalue weighted by molar-refractivity contribution is 5.95. The average molecular weight is 504 g/mol. The van der Waals surface area contributed by atoms with E-state index in [4.69, 9.17) is 21.7 Å². The summed E-state index contributed by atoms with van der Waals surface area (Å²) >= 11 is 0. The summed E-state index contributed by atoms with van der Waals surface area (Å²) < 4.78 is 0. The van der Waals surface area contributed by atoms with Crippen molar-refractivity contribution in [3.8, 4) is 0 Å². The quantitative estimate of drug-likeness (QED) is 0.103. The smallest absolute Gasteiger partial charge is 0.326 e. The number of carboxylic acids is 3. The van der Waals surface area contributed by atoms with Crippen molar-refractivity contribution in [2.24, 2.45) is 17.4 Å². The number of hydrogen-bond acceptors (Lipinski definition) is 8. The maximum Gasteiger partial charge on any atom is 0.326 e. The van der Waals surface area contributed by atoms with E-state index >= 15 is 0 Å². The lowest BCUT2D eigenvalue weighted by atomic mass is 9.99. The Morgan fingerprint density at radius 3 is 1.69 bits per heavy atom. The SMILES string of the molecule is CCC(C)C(N)C(=O)NC(CC(=O)O)C(=O)NC(CCC(=O)O)C(=O)NC(CCC(N)=O)C(=O)O. The van der Waals surface area contributed by atoms with Gasteiger partial charge in [0.05, 0.1) is 12.5 Å². The molecule has 0 aromatic rings. The molecule has 0 aliphatic carbocycles. The minimum atomic E-state index is -1.65. The Hall–Kier alpha value is -3.75. The molecule has 4 amide bonds. The van der Waals surface area contributed by atoms with Crippen molar-refractivity contribution in [3.05, 3.63) is 0 Å². The maximum absolute atomic E-state index is 12.7. The van der Waals surface area contributed by atoms with Gasteiger partial charge in [-0.1, -0.05) is 20.3 Å². The van der Waals surface area contributed by atoms with Gasteiger partial charge in [0.1, 0.15) is 18.1 Å². The predicted octanol–water partition coefficient (Wildman–Crippen LogP) is -2.50. The number of nitrogens with one attached hydrogen (secondary N) is 3. The Kier molecular flexibility index (Phi) is 13.6. The monoisotopic (exact) mass is 503 g/mol. The largest absolute Gasteiger partial charge is 0.481 e. The van der Waals surface area contributed by atoms with E-state index in [9.17, 15) is 38.7 Å². The fraction of sp³-hybridized carbons (Fsp3) is 0.650. The molecule has 0 aromatic heterocycles. The van der Waals surface area contributed by atoms with Crippen molar-refractivity contribution < 1.29 is 48.9 Å². The minimum absolute atomic E-state index is 0.286. The van der Waals surface area contributed by atoms with E-state index in [0.717, 1.165) is 0 Å². The predicted molar refractivity (Wildman–Crippen MR) is 118 cm³/mol. The maximum atomic E-state index is 12.7. The number of carbonyl (C=O) groups excluding carboxylic acids is 4. The summed E-state index contributed by atoms with van der Waals surface area (Å²) in [5.41, 5.74) is 10.8. The fourth-order valence-corrected chi connectivity index (χ4v) is 2.79. The van der Waals surface area contributed by atoms with Crippen molar-refractivity contribution in [1.29, 1.82) is 0 Å². The Labute approximate surface area is 201 Å². The van der Waals surface area contributed by atoms with Crippen molar-refractivity contribution >= 4 is 41.5 Å². The van der Waals surface area contributed by atoms with Gasteiger partial charge in [0.2, 0.25) is 23.6 Å². The first-order valence-corrected chi connectivity index (χ1v) is 10.8. The molecule has 5 unspecified atom stereocenters. The Morgan fingerprint density at radius 2 is 1.23 bits per heavy atom. The summed E-state index contributed by atoms with van der Waals surface area (Å²) in [4.78, 5) is 82.2. The van der Waals surface area contributed by atoms with E-state index in [1.54, 1.807) is 13.8 Å². The van der Waals surface area contributed by atoms with Gasteiger partial charge in [-0.15, -0.1) is 0 Å². The van der Waals surface area contributed by atoms with Gasteiger partial charge in [-0.2, -0.15) is 0 Å². The van der Waals surface area contributed by atoms with Crippen molar-refractivity contribution in [2.75, 3.05) is 0 Å². The number of aliphatic carboxylic acids is 3. The average Bonchev–Trinajstić information content (AvgIpc) is 2.76. The van der Waals surface area contributed by atoms with Gasteiger partial charge in [-0.3, -0.25) is 28.8 Å². The third kappa shape index (κ3) is 12.3. The molecule has 0 saturated heterocycles. The highest BCUT2D eigenvalue weighted by Crippen LogP contribution is 2.07. The van der Waals surface area contributed by atoms with Crippen LogP contribution in [0.25, 0.3) is 0 Å². The van der Waals surface area contributed by atoms with Crippen molar-refractivity contribution in [3.63, 3.8) is 0 Å². The third-order valence-electron chi connectivity index (χ3n) is 5.15. The van der Waals surface area contributed by atoms with Crippen LogP contribution in [0.4, 0.5) is 0 Å². The van der Waals surface area contributed by atoms with Crippen LogP contribution >= 0.6 is 0 Å². The molecule has 10 N–H and O–H groups in total. The molecule has 35 heavy (non-hydrogen) atoms. The molecule has 198 valence electrons. The molecule has 0 aromatic carbocycles. The highest BCUT2D eigenvalue weighted by Gasteiger charge is 2.32. The Balaban J connectivity index is 5.64. The van der Waals surface area contributed by atoms with Crippen LogP contribution in [-0.2, 0) is 33.6 Å². The van der Waals surface area contributed by atoms with E-state index in [0.29, 0.717) is 6.42 Å². The first kappa shape index (κ1) is 31.2. The molecule has 0 radical (unpaired) electrons. The zero-order valence-corrected chi connectivity index (χ0v) is 19.5. The topological polar surface area (TPSA) is 268 Å². The van der Waals surface area contributed by atoms with Crippen LogP contribution in [0.15, 0.2) is 0 Å². The van der Waals surface area contributed by atoms with Crippen LogP contribution in [0.1, 0.15) is 52.4 Å². The zero-order chi connectivity index (χ0) is 27.3. The summed E-state index contributed by atoms with van der Waals surface area (Å²) in [6.07, 6.45) is -2.15. The standard InChI is InChI=1S/C20H33N5O10/c1-3-9(2)16(22)19(33)25-12(8-15(29)30)18(32)23-10(5-7-14(27)28)17(31)24-11(20(34)35)4-6-13(21)26/h9-12,16H,3-8,22H2,1-2H3,(H2,21,26)(H,23,32)(H,24,31)(H,25,33)(H,27,28)(H,29,30)(H,34,35). The molecule has 0 aliphatic rings. The van der Waals surface area contributed by atoms with E-state index in [1.807, 2.05) is 0 Å². The van der Waals surface area contributed by atoms with Crippen molar-refractivity contribution in [2.45, 2.75) is 76.5 Å². The minimum Gasteiger partial charge on any atom is -0.481 e. The van der Waals surface area contributed by atoms with Gasteiger partial charge in [0.25, 0.3) is 0 Å². The van der Waals surface area contributed by atoms with Crippen LogP contribution in [0.2, 0.25) is 0 Å². The summed E-state index contributed by atoms with van der Waals surface area (Å²) in [6, 6.07) is -5.86. The third-order valence-corrected chi connectivity index (χ3v) is 5.15. The first-order chi connectivity index (χ1) is 16.2. The number of amides is 4. The van der Waals surface area contributed by atoms with Gasteiger partial charge < -0.3 is 42.7 Å². The van der Waals surface area contributed by atoms with Crippen LogP contribution in [0.3, 0.4) is 0 Å². The van der Waals surface area contributed by atoms with Crippen LogP contribution in [0, 0.1) is 5.92 Å². The van der Waals surface area contributed by atoms with Crippen molar-refractivity contribution in [1.82, 2.24) is 16.0 Å². The normalized spacial score (nSPS) is 14.9. The zero-order valence-electron chi connectivity index (χ0n) is 19.5. The van der Waals surface area contributed by atoms with E-state index < -0.39 is 85.0 Å². The number of nitrogens with two attached hydrogens (primary N) is 2.